The Balaban J connectivity index is 2.39. The van der Waals surface area contributed by atoms with Gasteiger partial charge in [-0.2, -0.15) is 4.31 Å². The van der Waals surface area contributed by atoms with Gasteiger partial charge in [0.25, 0.3) is 0 Å². The number of carbonyl (C=O) groups is 2. The van der Waals surface area contributed by atoms with E-state index in [1.54, 1.807) is 26.4 Å². The van der Waals surface area contributed by atoms with Crippen molar-refractivity contribution >= 4 is 21.8 Å². The molecule has 2 amide bonds. The minimum Gasteiger partial charge on any atom is -0.497 e. The van der Waals surface area contributed by atoms with Gasteiger partial charge in [-0.3, -0.25) is 9.59 Å². The molecule has 0 spiro atoms. The van der Waals surface area contributed by atoms with E-state index in [1.807, 2.05) is 42.5 Å². The number of rotatable bonds is 14. The fourth-order valence-electron chi connectivity index (χ4n) is 3.43. The lowest BCUT2D eigenvalue weighted by Crippen LogP contribution is -2.53. The molecular weight excluding hydrogens is 470 g/mol. The fraction of sp³-hybridized carbons (Fsp3) is 0.440. The predicted molar refractivity (Wildman–Crippen MR) is 134 cm³/mol. The predicted octanol–water partition coefficient (Wildman–Crippen LogP) is 1.68. The van der Waals surface area contributed by atoms with E-state index in [9.17, 15) is 18.0 Å². The van der Waals surface area contributed by atoms with Crippen LogP contribution in [0.5, 0.6) is 5.75 Å². The third-order valence-corrected chi connectivity index (χ3v) is 6.79. The zero-order valence-corrected chi connectivity index (χ0v) is 21.6. The van der Waals surface area contributed by atoms with Crippen molar-refractivity contribution in [3.63, 3.8) is 0 Å². The van der Waals surface area contributed by atoms with Crippen molar-refractivity contribution in [3.05, 3.63) is 65.7 Å². The lowest BCUT2D eigenvalue weighted by molar-refractivity contribution is -0.141. The van der Waals surface area contributed by atoms with E-state index >= 15 is 0 Å². The molecule has 192 valence electrons. The molecule has 0 aliphatic heterocycles. The number of carbonyl (C=O) groups excluding carboxylic acids is 2. The van der Waals surface area contributed by atoms with Crippen molar-refractivity contribution in [2.24, 2.45) is 0 Å². The van der Waals surface area contributed by atoms with Crippen LogP contribution in [0.3, 0.4) is 0 Å². The SMILES string of the molecule is COCCCNC(=O)[C@@H](Cc1ccccc1)N(Cc1ccc(OC)cc1)C(=O)CN(C)S(C)(=O)=O. The Labute approximate surface area is 208 Å². The molecule has 10 heteroatoms. The first-order chi connectivity index (χ1) is 16.7. The summed E-state index contributed by atoms with van der Waals surface area (Å²) >= 11 is 0. The van der Waals surface area contributed by atoms with Crippen molar-refractivity contribution in [1.82, 2.24) is 14.5 Å². The molecule has 0 saturated heterocycles. The highest BCUT2D eigenvalue weighted by molar-refractivity contribution is 7.88. The van der Waals surface area contributed by atoms with E-state index in [-0.39, 0.29) is 25.4 Å². The van der Waals surface area contributed by atoms with Gasteiger partial charge < -0.3 is 19.7 Å². The summed E-state index contributed by atoms with van der Waals surface area (Å²) in [6.07, 6.45) is 1.95. The number of nitrogens with one attached hydrogen (secondary N) is 1. The van der Waals surface area contributed by atoms with Crippen LogP contribution in [0.25, 0.3) is 0 Å². The summed E-state index contributed by atoms with van der Waals surface area (Å²) in [6.45, 7) is 0.643. The normalized spacial score (nSPS) is 12.3. The van der Waals surface area contributed by atoms with Crippen molar-refractivity contribution in [2.75, 3.05) is 47.2 Å². The van der Waals surface area contributed by atoms with Gasteiger partial charge in [-0.15, -0.1) is 0 Å². The second-order valence-electron chi connectivity index (χ2n) is 8.23. The van der Waals surface area contributed by atoms with Crippen molar-refractivity contribution < 1.29 is 27.5 Å². The third-order valence-electron chi connectivity index (χ3n) is 5.53. The van der Waals surface area contributed by atoms with E-state index in [1.165, 1.54) is 11.9 Å². The summed E-state index contributed by atoms with van der Waals surface area (Å²) in [4.78, 5) is 28.2. The summed E-state index contributed by atoms with van der Waals surface area (Å²) in [6, 6.07) is 15.7. The second kappa shape index (κ2) is 13.8. The molecule has 0 saturated carbocycles. The number of methoxy groups -OCH3 is 2. The minimum absolute atomic E-state index is 0.128. The molecule has 1 atom stereocenters. The molecule has 0 aliphatic carbocycles. The molecule has 0 fully saturated rings. The number of amides is 2. The van der Waals surface area contributed by atoms with Crippen LogP contribution in [0.4, 0.5) is 0 Å². The summed E-state index contributed by atoms with van der Waals surface area (Å²) in [5.74, 6) is -0.115. The Morgan fingerprint density at radius 3 is 2.23 bits per heavy atom. The maximum absolute atomic E-state index is 13.4. The molecule has 0 aromatic heterocycles. The Kier molecular flexibility index (Phi) is 11.2. The van der Waals surface area contributed by atoms with Crippen molar-refractivity contribution in [1.29, 1.82) is 0 Å². The standard InChI is InChI=1S/C25H35N3O6S/c1-27(35(4,31)32)19-24(29)28(18-21-11-13-22(34-3)14-12-21)23(17-20-9-6-5-7-10-20)25(30)26-15-8-16-33-2/h5-7,9-14,23H,8,15-19H2,1-4H3,(H,26,30)/t23-/m1/s1. The number of sulfonamides is 1. The molecule has 35 heavy (non-hydrogen) atoms. The van der Waals surface area contributed by atoms with Gasteiger partial charge in [-0.05, 0) is 29.7 Å². The Bertz CT molecular complexity index is 1040. The second-order valence-corrected chi connectivity index (χ2v) is 10.3. The fourth-order valence-corrected chi connectivity index (χ4v) is 3.77. The molecule has 9 nitrogen and oxygen atoms in total. The Hall–Kier alpha value is -2.95. The van der Waals surface area contributed by atoms with Gasteiger partial charge in [0.2, 0.25) is 21.8 Å². The molecular formula is C25H35N3O6S. The van der Waals surface area contributed by atoms with Crippen LogP contribution >= 0.6 is 0 Å². The van der Waals surface area contributed by atoms with Crippen LogP contribution in [0.1, 0.15) is 17.5 Å². The van der Waals surface area contributed by atoms with Gasteiger partial charge in [0.15, 0.2) is 0 Å². The molecule has 0 heterocycles. The van der Waals surface area contributed by atoms with Crippen LogP contribution in [-0.4, -0.2) is 82.7 Å². The van der Waals surface area contributed by atoms with E-state index < -0.39 is 22.0 Å². The number of hydrogen-bond donors (Lipinski definition) is 1. The molecule has 2 aromatic carbocycles. The number of benzene rings is 2. The largest absolute Gasteiger partial charge is 0.497 e. The van der Waals surface area contributed by atoms with Gasteiger partial charge in [0.05, 0.1) is 19.9 Å². The van der Waals surface area contributed by atoms with E-state index in [2.05, 4.69) is 5.32 Å². The summed E-state index contributed by atoms with van der Waals surface area (Å²) < 4.78 is 35.2. The van der Waals surface area contributed by atoms with Crippen molar-refractivity contribution in [2.45, 2.75) is 25.4 Å². The zero-order valence-electron chi connectivity index (χ0n) is 20.8. The Morgan fingerprint density at radius 1 is 1.00 bits per heavy atom. The summed E-state index contributed by atoms with van der Waals surface area (Å²) in [7, 11) is 0.915. The topological polar surface area (TPSA) is 105 Å². The highest BCUT2D eigenvalue weighted by atomic mass is 32.2. The molecule has 0 bridgehead atoms. The average molecular weight is 506 g/mol. The first-order valence-corrected chi connectivity index (χ1v) is 13.1. The van der Waals surface area contributed by atoms with E-state index in [0.717, 1.165) is 21.7 Å². The summed E-state index contributed by atoms with van der Waals surface area (Å²) in [5, 5.41) is 2.90. The highest BCUT2D eigenvalue weighted by Crippen LogP contribution is 2.18. The average Bonchev–Trinajstić information content (AvgIpc) is 2.84. The lowest BCUT2D eigenvalue weighted by atomic mass is 10.0. The first-order valence-electron chi connectivity index (χ1n) is 11.3. The third kappa shape index (κ3) is 9.31. The van der Waals surface area contributed by atoms with Crippen LogP contribution in [0, 0.1) is 0 Å². The quantitative estimate of drug-likeness (QED) is 0.392. The van der Waals surface area contributed by atoms with Crippen LogP contribution in [-0.2, 0) is 37.3 Å². The monoisotopic (exact) mass is 505 g/mol. The molecule has 1 N–H and O–H groups in total. The van der Waals surface area contributed by atoms with Gasteiger partial charge >= 0.3 is 0 Å². The molecule has 2 rings (SSSR count). The van der Waals surface area contributed by atoms with Crippen LogP contribution < -0.4 is 10.1 Å². The first kappa shape index (κ1) is 28.3. The number of hydrogen-bond acceptors (Lipinski definition) is 6. The van der Waals surface area contributed by atoms with Gasteiger partial charge in [-0.25, -0.2) is 8.42 Å². The molecule has 2 aromatic rings. The van der Waals surface area contributed by atoms with E-state index in [0.29, 0.717) is 25.3 Å². The van der Waals surface area contributed by atoms with Crippen molar-refractivity contribution in [3.8, 4) is 5.75 Å². The van der Waals surface area contributed by atoms with Crippen LogP contribution in [0.15, 0.2) is 54.6 Å². The van der Waals surface area contributed by atoms with E-state index in [4.69, 9.17) is 9.47 Å². The highest BCUT2D eigenvalue weighted by Gasteiger charge is 2.31. The van der Waals surface area contributed by atoms with Gasteiger partial charge in [0, 0.05) is 40.3 Å². The number of ether oxygens (including phenoxy) is 2. The Morgan fingerprint density at radius 2 is 1.66 bits per heavy atom. The molecule has 0 radical (unpaired) electrons. The maximum Gasteiger partial charge on any atom is 0.243 e. The number of likely N-dealkylation sites (N-methyl/N-ethyl adjacent to an activating group) is 1. The lowest BCUT2D eigenvalue weighted by Gasteiger charge is -2.32. The smallest absolute Gasteiger partial charge is 0.243 e. The summed E-state index contributed by atoms with van der Waals surface area (Å²) in [5.41, 5.74) is 1.67. The zero-order chi connectivity index (χ0) is 25.8. The minimum atomic E-state index is -3.58. The van der Waals surface area contributed by atoms with Gasteiger partial charge in [0.1, 0.15) is 11.8 Å². The number of nitrogens with zero attached hydrogens (tertiary/aromatic N) is 2. The molecule has 0 unspecified atom stereocenters. The van der Waals surface area contributed by atoms with Crippen LogP contribution in [0.2, 0.25) is 0 Å². The van der Waals surface area contributed by atoms with Gasteiger partial charge in [-0.1, -0.05) is 42.5 Å². The maximum atomic E-state index is 13.4. The molecule has 0 aliphatic rings.